The summed E-state index contributed by atoms with van der Waals surface area (Å²) in [6.07, 6.45) is 2.61. The van der Waals surface area contributed by atoms with E-state index in [1.807, 2.05) is 17.0 Å². The molecule has 6 heteroatoms. The number of amides is 2. The molecule has 3 heterocycles. The lowest BCUT2D eigenvalue weighted by Crippen LogP contribution is -2.42. The molecular formula is C15H17N3O2S. The predicted octanol–water partition coefficient (Wildman–Crippen LogP) is 2.42. The highest BCUT2D eigenvalue weighted by molar-refractivity contribution is 7.10. The molecule has 0 saturated heterocycles. The molecule has 0 aromatic carbocycles. The number of nitrogens with one attached hydrogen (secondary N) is 1. The van der Waals surface area contributed by atoms with Crippen LogP contribution in [0.25, 0.3) is 0 Å². The molecule has 1 aliphatic heterocycles. The first-order chi connectivity index (χ1) is 10.3. The van der Waals surface area contributed by atoms with E-state index in [1.165, 1.54) is 10.4 Å². The molecule has 0 unspecified atom stereocenters. The van der Waals surface area contributed by atoms with Gasteiger partial charge in [0.15, 0.2) is 0 Å². The van der Waals surface area contributed by atoms with Crippen molar-refractivity contribution in [2.75, 3.05) is 13.7 Å². The minimum atomic E-state index is -0.0437. The molecule has 0 bridgehead atoms. The van der Waals surface area contributed by atoms with Gasteiger partial charge in [-0.1, -0.05) is 6.07 Å². The SMILES string of the molecule is COc1ncccc1CNC(=O)N1CCc2sccc2C1. The van der Waals surface area contributed by atoms with Crippen LogP contribution in [0.15, 0.2) is 29.8 Å². The van der Waals surface area contributed by atoms with E-state index in [4.69, 9.17) is 4.74 Å². The van der Waals surface area contributed by atoms with Crippen LogP contribution < -0.4 is 10.1 Å². The van der Waals surface area contributed by atoms with E-state index in [0.29, 0.717) is 19.0 Å². The van der Waals surface area contributed by atoms with Gasteiger partial charge in [-0.05, 0) is 29.5 Å². The van der Waals surface area contributed by atoms with Crippen LogP contribution in [0.1, 0.15) is 16.0 Å². The Labute approximate surface area is 127 Å². The summed E-state index contributed by atoms with van der Waals surface area (Å²) in [4.78, 5) is 19.6. The molecule has 110 valence electrons. The van der Waals surface area contributed by atoms with Gasteiger partial charge in [0.05, 0.1) is 7.11 Å². The standard InChI is InChI=1S/C15H17N3O2S/c1-20-14-11(3-2-6-16-14)9-17-15(19)18-7-4-13-12(10-18)5-8-21-13/h2-3,5-6,8H,4,7,9-10H2,1H3,(H,17,19). The van der Waals surface area contributed by atoms with E-state index >= 15 is 0 Å². The zero-order valence-electron chi connectivity index (χ0n) is 11.8. The number of hydrogen-bond acceptors (Lipinski definition) is 4. The molecule has 2 aromatic heterocycles. The summed E-state index contributed by atoms with van der Waals surface area (Å²) in [5, 5.41) is 5.03. The van der Waals surface area contributed by atoms with Crippen molar-refractivity contribution in [1.29, 1.82) is 0 Å². The Balaban J connectivity index is 1.60. The third-order valence-electron chi connectivity index (χ3n) is 3.57. The van der Waals surface area contributed by atoms with E-state index in [9.17, 15) is 4.79 Å². The Hall–Kier alpha value is -2.08. The second-order valence-electron chi connectivity index (χ2n) is 4.87. The van der Waals surface area contributed by atoms with Gasteiger partial charge >= 0.3 is 6.03 Å². The average Bonchev–Trinajstić information content (AvgIpc) is 3.00. The maximum Gasteiger partial charge on any atom is 0.317 e. The van der Waals surface area contributed by atoms with Gasteiger partial charge in [-0.25, -0.2) is 9.78 Å². The molecule has 2 aromatic rings. The molecule has 1 aliphatic rings. The van der Waals surface area contributed by atoms with E-state index in [0.717, 1.165) is 18.5 Å². The summed E-state index contributed by atoms with van der Waals surface area (Å²) < 4.78 is 5.18. The zero-order valence-corrected chi connectivity index (χ0v) is 12.7. The van der Waals surface area contributed by atoms with Gasteiger partial charge in [0.25, 0.3) is 0 Å². The van der Waals surface area contributed by atoms with Crippen LogP contribution in [0.5, 0.6) is 5.88 Å². The van der Waals surface area contributed by atoms with Gasteiger partial charge in [0.2, 0.25) is 5.88 Å². The minimum Gasteiger partial charge on any atom is -0.481 e. The number of carbonyl (C=O) groups is 1. The first kappa shape index (κ1) is 13.9. The molecule has 0 spiro atoms. The number of aromatic nitrogens is 1. The first-order valence-corrected chi connectivity index (χ1v) is 7.72. The van der Waals surface area contributed by atoms with Crippen molar-refractivity contribution in [2.24, 2.45) is 0 Å². The molecule has 21 heavy (non-hydrogen) atoms. The van der Waals surface area contributed by atoms with Crippen molar-refractivity contribution < 1.29 is 9.53 Å². The molecule has 0 fully saturated rings. The third kappa shape index (κ3) is 3.00. The van der Waals surface area contributed by atoms with Crippen molar-refractivity contribution in [1.82, 2.24) is 15.2 Å². The molecule has 0 saturated carbocycles. The number of hydrogen-bond donors (Lipinski definition) is 1. The molecule has 0 aliphatic carbocycles. The van der Waals surface area contributed by atoms with Gasteiger partial charge in [0.1, 0.15) is 0 Å². The van der Waals surface area contributed by atoms with Gasteiger partial charge in [0, 0.05) is 36.3 Å². The average molecular weight is 303 g/mol. The quantitative estimate of drug-likeness (QED) is 0.947. The van der Waals surface area contributed by atoms with Crippen LogP contribution in [0.4, 0.5) is 4.79 Å². The van der Waals surface area contributed by atoms with Crippen LogP contribution in [-0.2, 0) is 19.5 Å². The van der Waals surface area contributed by atoms with Crippen LogP contribution in [0, 0.1) is 0 Å². The van der Waals surface area contributed by atoms with Gasteiger partial charge < -0.3 is 15.0 Å². The molecule has 5 nitrogen and oxygen atoms in total. The summed E-state index contributed by atoms with van der Waals surface area (Å²) in [6, 6.07) is 5.79. The Morgan fingerprint density at radius 1 is 1.52 bits per heavy atom. The van der Waals surface area contributed by atoms with Gasteiger partial charge in [-0.2, -0.15) is 0 Å². The Morgan fingerprint density at radius 3 is 3.29 bits per heavy atom. The lowest BCUT2D eigenvalue weighted by molar-refractivity contribution is 0.192. The van der Waals surface area contributed by atoms with Crippen molar-refractivity contribution in [3.8, 4) is 5.88 Å². The summed E-state index contributed by atoms with van der Waals surface area (Å²) in [5.41, 5.74) is 2.14. The molecular weight excluding hydrogens is 286 g/mol. The Morgan fingerprint density at radius 2 is 2.43 bits per heavy atom. The third-order valence-corrected chi connectivity index (χ3v) is 4.59. The predicted molar refractivity (Wildman–Crippen MR) is 81.5 cm³/mol. The number of carbonyl (C=O) groups excluding carboxylic acids is 1. The highest BCUT2D eigenvalue weighted by atomic mass is 32.1. The second-order valence-corrected chi connectivity index (χ2v) is 5.87. The van der Waals surface area contributed by atoms with Crippen molar-refractivity contribution in [2.45, 2.75) is 19.5 Å². The summed E-state index contributed by atoms with van der Waals surface area (Å²) >= 11 is 1.77. The normalized spacial score (nSPS) is 13.7. The number of urea groups is 1. The highest BCUT2D eigenvalue weighted by Crippen LogP contribution is 2.24. The van der Waals surface area contributed by atoms with E-state index in [2.05, 4.69) is 21.7 Å². The first-order valence-electron chi connectivity index (χ1n) is 6.84. The molecule has 0 atom stereocenters. The number of rotatable bonds is 3. The summed E-state index contributed by atoms with van der Waals surface area (Å²) in [7, 11) is 1.58. The lowest BCUT2D eigenvalue weighted by Gasteiger charge is -2.27. The largest absolute Gasteiger partial charge is 0.481 e. The maximum atomic E-state index is 12.3. The van der Waals surface area contributed by atoms with Crippen molar-refractivity contribution >= 4 is 17.4 Å². The van der Waals surface area contributed by atoms with Crippen LogP contribution in [-0.4, -0.2) is 29.6 Å². The number of ether oxygens (including phenoxy) is 1. The summed E-state index contributed by atoms with van der Waals surface area (Å²) in [5.74, 6) is 0.552. The fourth-order valence-corrected chi connectivity index (χ4v) is 3.34. The highest BCUT2D eigenvalue weighted by Gasteiger charge is 2.21. The van der Waals surface area contributed by atoms with Gasteiger partial charge in [-0.3, -0.25) is 0 Å². The number of methoxy groups -OCH3 is 1. The summed E-state index contributed by atoms with van der Waals surface area (Å²) in [6.45, 7) is 1.88. The fraction of sp³-hybridized carbons (Fsp3) is 0.333. The molecule has 3 rings (SSSR count). The maximum absolute atomic E-state index is 12.3. The number of pyridine rings is 1. The Kier molecular flexibility index (Phi) is 4.06. The minimum absolute atomic E-state index is 0.0437. The monoisotopic (exact) mass is 303 g/mol. The van der Waals surface area contributed by atoms with E-state index in [1.54, 1.807) is 24.6 Å². The zero-order chi connectivity index (χ0) is 14.7. The molecule has 0 radical (unpaired) electrons. The second kappa shape index (κ2) is 6.13. The van der Waals surface area contributed by atoms with Crippen LogP contribution in [0.2, 0.25) is 0 Å². The number of fused-ring (bicyclic) bond motifs is 1. The lowest BCUT2D eigenvalue weighted by atomic mass is 10.1. The van der Waals surface area contributed by atoms with E-state index < -0.39 is 0 Å². The number of nitrogens with zero attached hydrogens (tertiary/aromatic N) is 2. The molecule has 1 N–H and O–H groups in total. The fourth-order valence-electron chi connectivity index (χ4n) is 2.45. The molecule has 2 amide bonds. The van der Waals surface area contributed by atoms with Crippen LogP contribution in [0.3, 0.4) is 0 Å². The van der Waals surface area contributed by atoms with E-state index in [-0.39, 0.29) is 6.03 Å². The van der Waals surface area contributed by atoms with Crippen molar-refractivity contribution in [3.05, 3.63) is 45.8 Å². The smallest absolute Gasteiger partial charge is 0.317 e. The van der Waals surface area contributed by atoms with Crippen molar-refractivity contribution in [3.63, 3.8) is 0 Å². The Bertz CT molecular complexity index is 641. The number of thiophene rings is 1. The van der Waals surface area contributed by atoms with Gasteiger partial charge in [-0.15, -0.1) is 11.3 Å². The van der Waals surface area contributed by atoms with Crippen LogP contribution >= 0.6 is 11.3 Å². The topological polar surface area (TPSA) is 54.5 Å².